The molecule has 10 rings (SSSR count). The summed E-state index contributed by atoms with van der Waals surface area (Å²) in [7, 11) is 0. The zero-order valence-corrected chi connectivity index (χ0v) is 21.9. The van der Waals surface area contributed by atoms with E-state index in [1.54, 1.807) is 0 Å². The summed E-state index contributed by atoms with van der Waals surface area (Å²) in [5.41, 5.74) is 12.9. The Kier molecular flexibility index (Phi) is 3.92. The van der Waals surface area contributed by atoms with Gasteiger partial charge in [-0.3, -0.25) is 14.4 Å². The number of nitrogens with zero attached hydrogens (tertiary/aromatic N) is 5. The van der Waals surface area contributed by atoms with Gasteiger partial charge in [0.1, 0.15) is 11.2 Å². The van der Waals surface area contributed by atoms with E-state index in [1.807, 2.05) is 30.9 Å². The predicted molar refractivity (Wildman–Crippen MR) is 166 cm³/mol. The number of aromatic nitrogens is 5. The van der Waals surface area contributed by atoms with Crippen LogP contribution in [0, 0.1) is 0 Å². The maximum atomic E-state index is 5.20. The molecule has 0 unspecified atom stereocenters. The summed E-state index contributed by atoms with van der Waals surface area (Å²) >= 11 is 0. The van der Waals surface area contributed by atoms with E-state index in [4.69, 9.17) is 4.98 Å². The molecule has 0 fully saturated rings. The lowest BCUT2D eigenvalue weighted by molar-refractivity contribution is 1.18. The fourth-order valence-corrected chi connectivity index (χ4v) is 7.19. The highest BCUT2D eigenvalue weighted by Crippen LogP contribution is 2.45. The van der Waals surface area contributed by atoms with Crippen molar-refractivity contribution in [2.24, 2.45) is 0 Å². The summed E-state index contributed by atoms with van der Waals surface area (Å²) in [5.74, 6) is 0. The molecule has 0 saturated carbocycles. The monoisotopic (exact) mass is 523 g/mol. The van der Waals surface area contributed by atoms with Gasteiger partial charge >= 0.3 is 0 Å². The summed E-state index contributed by atoms with van der Waals surface area (Å²) in [4.78, 5) is 14.1. The molecule has 9 aromatic rings. The van der Waals surface area contributed by atoms with Crippen LogP contribution in [0.25, 0.3) is 77.0 Å². The highest BCUT2D eigenvalue weighted by Gasteiger charge is 2.25. The fraction of sp³-hybridized carbons (Fsp3) is 0.0278. The van der Waals surface area contributed by atoms with E-state index in [2.05, 4.69) is 104 Å². The Labute approximate surface area is 234 Å². The smallest absolute Gasteiger partial charge is 0.147 e. The molecule has 190 valence electrons. The number of para-hydroxylation sites is 1. The van der Waals surface area contributed by atoms with Gasteiger partial charge in [-0.1, -0.05) is 48.5 Å². The number of hydrogen-bond donors (Lipinski definition) is 0. The molecule has 0 N–H and O–H groups in total. The second-order valence-corrected chi connectivity index (χ2v) is 10.9. The summed E-state index contributed by atoms with van der Waals surface area (Å²) in [6.45, 7) is 0. The SMILES string of the molecule is c1ccc(-n2c3cc4c(cc3c3c5c(ccc32)c2ccncc2n2c3ccncc3nc52)Cc2ccccc2-4)cc1. The molecule has 0 atom stereocenters. The van der Waals surface area contributed by atoms with Crippen LogP contribution in [0.4, 0.5) is 0 Å². The van der Waals surface area contributed by atoms with Crippen LogP contribution in [-0.4, -0.2) is 23.9 Å². The standard InChI is InChI=1S/C36H21N5/c1-2-7-23(8-3-1)40-31-11-10-26-25-12-14-38-20-33(25)41-30-13-15-37-19-29(30)39-36(41)35(26)34(31)28-17-22-16-21-6-4-5-9-24(21)27(22)18-32(28)40/h1-15,17-20H,16H2. The number of fused-ring (bicyclic) bond motifs is 15. The molecule has 41 heavy (non-hydrogen) atoms. The Morgan fingerprint density at radius 2 is 1.41 bits per heavy atom. The molecule has 1 aliphatic rings. The molecule has 0 aliphatic heterocycles. The van der Waals surface area contributed by atoms with Gasteiger partial charge in [-0.15, -0.1) is 0 Å². The Morgan fingerprint density at radius 1 is 0.561 bits per heavy atom. The van der Waals surface area contributed by atoms with Gasteiger partial charge in [0.05, 0.1) is 34.5 Å². The Bertz CT molecular complexity index is 2550. The van der Waals surface area contributed by atoms with Gasteiger partial charge in [0.2, 0.25) is 0 Å². The van der Waals surface area contributed by atoms with Crippen molar-refractivity contribution in [1.82, 2.24) is 23.9 Å². The van der Waals surface area contributed by atoms with Crippen LogP contribution in [0.1, 0.15) is 11.1 Å². The number of benzene rings is 4. The third kappa shape index (κ3) is 2.68. The largest absolute Gasteiger partial charge is 0.309 e. The average molecular weight is 524 g/mol. The van der Waals surface area contributed by atoms with E-state index in [9.17, 15) is 0 Å². The lowest BCUT2D eigenvalue weighted by Crippen LogP contribution is -1.95. The number of imidazole rings is 1. The molecule has 5 heterocycles. The van der Waals surface area contributed by atoms with Crippen molar-refractivity contribution in [1.29, 1.82) is 0 Å². The quantitative estimate of drug-likeness (QED) is 0.204. The van der Waals surface area contributed by atoms with E-state index in [0.717, 1.165) is 45.1 Å². The second-order valence-electron chi connectivity index (χ2n) is 10.9. The van der Waals surface area contributed by atoms with Gasteiger partial charge in [-0.2, -0.15) is 0 Å². The van der Waals surface area contributed by atoms with Crippen molar-refractivity contribution < 1.29 is 0 Å². The van der Waals surface area contributed by atoms with Gasteiger partial charge in [0, 0.05) is 39.6 Å². The van der Waals surface area contributed by atoms with Crippen molar-refractivity contribution in [2.45, 2.75) is 6.42 Å². The van der Waals surface area contributed by atoms with E-state index in [-0.39, 0.29) is 0 Å². The van der Waals surface area contributed by atoms with Crippen LogP contribution in [0.2, 0.25) is 0 Å². The van der Waals surface area contributed by atoms with Crippen molar-refractivity contribution in [3.63, 3.8) is 0 Å². The third-order valence-corrected chi connectivity index (χ3v) is 8.87. The normalized spacial score (nSPS) is 12.8. The molecular formula is C36H21N5. The van der Waals surface area contributed by atoms with Gasteiger partial charge in [-0.05, 0) is 76.5 Å². The molecule has 0 radical (unpaired) electrons. The van der Waals surface area contributed by atoms with Crippen LogP contribution in [0.5, 0.6) is 0 Å². The summed E-state index contributed by atoms with van der Waals surface area (Å²) in [6, 6.07) is 33.1. The first-order chi connectivity index (χ1) is 20.3. The molecule has 0 amide bonds. The van der Waals surface area contributed by atoms with Crippen LogP contribution >= 0.6 is 0 Å². The molecule has 1 aliphatic carbocycles. The van der Waals surface area contributed by atoms with Crippen molar-refractivity contribution in [2.75, 3.05) is 0 Å². The minimum absolute atomic E-state index is 0.880. The summed E-state index contributed by atoms with van der Waals surface area (Å²) in [5, 5.41) is 5.98. The average Bonchev–Trinajstić information content (AvgIpc) is 3.69. The molecule has 5 heteroatoms. The zero-order chi connectivity index (χ0) is 26.7. The first-order valence-electron chi connectivity index (χ1n) is 13.9. The minimum Gasteiger partial charge on any atom is -0.309 e. The topological polar surface area (TPSA) is 48.0 Å². The Balaban J connectivity index is 1.48. The zero-order valence-electron chi connectivity index (χ0n) is 21.9. The van der Waals surface area contributed by atoms with Crippen LogP contribution < -0.4 is 0 Å². The van der Waals surface area contributed by atoms with Crippen LogP contribution in [0.3, 0.4) is 0 Å². The summed E-state index contributed by atoms with van der Waals surface area (Å²) < 4.78 is 4.68. The molecular weight excluding hydrogens is 502 g/mol. The number of rotatable bonds is 1. The van der Waals surface area contributed by atoms with Gasteiger partial charge in [0.25, 0.3) is 0 Å². The Morgan fingerprint density at radius 3 is 2.37 bits per heavy atom. The maximum Gasteiger partial charge on any atom is 0.147 e. The highest BCUT2D eigenvalue weighted by atomic mass is 15.0. The van der Waals surface area contributed by atoms with E-state index in [1.165, 1.54) is 49.4 Å². The lowest BCUT2D eigenvalue weighted by Gasteiger charge is -2.11. The molecule has 5 nitrogen and oxygen atoms in total. The second kappa shape index (κ2) is 7.55. The highest BCUT2D eigenvalue weighted by molar-refractivity contribution is 6.30. The van der Waals surface area contributed by atoms with Crippen molar-refractivity contribution in [3.8, 4) is 16.8 Å². The van der Waals surface area contributed by atoms with Gasteiger partial charge in [0.15, 0.2) is 0 Å². The van der Waals surface area contributed by atoms with Crippen molar-refractivity contribution >= 4 is 60.2 Å². The molecule has 0 spiro atoms. The summed E-state index contributed by atoms with van der Waals surface area (Å²) in [6.07, 6.45) is 8.48. The predicted octanol–water partition coefficient (Wildman–Crippen LogP) is 8.25. The van der Waals surface area contributed by atoms with E-state index >= 15 is 0 Å². The first kappa shape index (κ1) is 21.3. The van der Waals surface area contributed by atoms with Gasteiger partial charge in [-0.25, -0.2) is 4.98 Å². The number of hydrogen-bond acceptors (Lipinski definition) is 3. The molecule has 4 aromatic carbocycles. The van der Waals surface area contributed by atoms with Crippen molar-refractivity contribution in [3.05, 3.63) is 127 Å². The maximum absolute atomic E-state index is 5.20. The molecule has 0 saturated heterocycles. The fourth-order valence-electron chi connectivity index (χ4n) is 7.19. The molecule has 0 bridgehead atoms. The van der Waals surface area contributed by atoms with Crippen LogP contribution in [0.15, 0.2) is 116 Å². The van der Waals surface area contributed by atoms with E-state index in [0.29, 0.717) is 0 Å². The lowest BCUT2D eigenvalue weighted by atomic mass is 9.99. The third-order valence-electron chi connectivity index (χ3n) is 8.87. The van der Waals surface area contributed by atoms with Crippen LogP contribution in [-0.2, 0) is 6.42 Å². The minimum atomic E-state index is 0.880. The van der Waals surface area contributed by atoms with Gasteiger partial charge < -0.3 is 4.57 Å². The molecule has 5 aromatic heterocycles. The Hall–Kier alpha value is -5.55. The number of pyridine rings is 3. The first-order valence-corrected chi connectivity index (χ1v) is 13.9. The van der Waals surface area contributed by atoms with E-state index < -0.39 is 0 Å².